The van der Waals surface area contributed by atoms with Gasteiger partial charge in [0.2, 0.25) is 0 Å². The van der Waals surface area contributed by atoms with Crippen LogP contribution in [0.1, 0.15) is 55.4 Å². The van der Waals surface area contributed by atoms with Crippen LogP contribution in [0.2, 0.25) is 0 Å². The maximum Gasteiger partial charge on any atom is 0.171 e. The Labute approximate surface area is 163 Å². The summed E-state index contributed by atoms with van der Waals surface area (Å²) in [6, 6.07) is 0. The molecule has 4 nitrogen and oxygen atoms in total. The SMILES string of the molecule is CC(C)C(=O)C(C(=O)C(C)C)=c1sc(=C(C(=O)C(C)C)C(=O)C(C)C)s1. The van der Waals surface area contributed by atoms with Gasteiger partial charge in [0.05, 0.1) is 18.8 Å². The van der Waals surface area contributed by atoms with Crippen molar-refractivity contribution in [2.45, 2.75) is 55.4 Å². The first-order valence-corrected chi connectivity index (χ1v) is 10.5. The molecule has 26 heavy (non-hydrogen) atoms. The molecule has 0 radical (unpaired) electrons. The van der Waals surface area contributed by atoms with Gasteiger partial charge in [-0.25, -0.2) is 0 Å². The summed E-state index contributed by atoms with van der Waals surface area (Å²) in [5.74, 6) is -1.91. The highest BCUT2D eigenvalue weighted by molar-refractivity contribution is 7.36. The molecule has 0 unspecified atom stereocenters. The molecule has 1 aromatic rings. The van der Waals surface area contributed by atoms with Crippen molar-refractivity contribution in [2.75, 3.05) is 0 Å². The summed E-state index contributed by atoms with van der Waals surface area (Å²) in [6.07, 6.45) is 0. The van der Waals surface area contributed by atoms with E-state index in [9.17, 15) is 19.2 Å². The smallest absolute Gasteiger partial charge is 0.171 e. The lowest BCUT2D eigenvalue weighted by molar-refractivity contribution is -0.122. The fraction of sp³-hybridized carbons (Fsp3) is 0.600. The zero-order chi connectivity index (χ0) is 20.3. The Hall–Kier alpha value is -1.40. The number of carbonyl (C=O) groups is 4. The second-order valence-electron chi connectivity index (χ2n) is 7.60. The van der Waals surface area contributed by atoms with Gasteiger partial charge in [-0.15, -0.1) is 22.7 Å². The summed E-state index contributed by atoms with van der Waals surface area (Å²) < 4.78 is 1.20. The van der Waals surface area contributed by atoms with Crippen molar-refractivity contribution in [3.63, 3.8) is 0 Å². The molecule has 6 heteroatoms. The molecule has 1 rings (SSSR count). The molecule has 0 aromatic carbocycles. The Morgan fingerprint density at radius 2 is 0.692 bits per heavy atom. The number of hydrogen-bond donors (Lipinski definition) is 0. The molecule has 0 atom stereocenters. The average Bonchev–Trinajstić information content (AvgIpc) is 2.50. The van der Waals surface area contributed by atoms with Gasteiger partial charge >= 0.3 is 0 Å². The molecule has 1 heterocycles. The molecule has 0 amide bonds. The topological polar surface area (TPSA) is 68.3 Å². The first-order chi connectivity index (χ1) is 11.9. The van der Waals surface area contributed by atoms with Crippen molar-refractivity contribution in [3.8, 4) is 0 Å². The van der Waals surface area contributed by atoms with Crippen LogP contribution in [0.3, 0.4) is 0 Å². The average molecular weight is 397 g/mol. The monoisotopic (exact) mass is 396 g/mol. The second kappa shape index (κ2) is 9.00. The zero-order valence-electron chi connectivity index (χ0n) is 16.8. The first kappa shape index (κ1) is 22.6. The lowest BCUT2D eigenvalue weighted by Gasteiger charge is -2.13. The van der Waals surface area contributed by atoms with Crippen molar-refractivity contribution in [3.05, 3.63) is 7.69 Å². The van der Waals surface area contributed by atoms with Crippen LogP contribution in [-0.2, 0) is 19.2 Å². The molecule has 0 saturated heterocycles. The summed E-state index contributed by atoms with van der Waals surface area (Å²) >= 11 is 2.42. The Bertz CT molecular complexity index is 704. The number of Topliss-reactive ketones (excluding diaryl/α,β-unsaturated/α-hetero) is 4. The first-order valence-electron chi connectivity index (χ1n) is 8.91. The molecule has 144 valence electrons. The number of hydrogen-bond acceptors (Lipinski definition) is 6. The predicted octanol–water partition coefficient (Wildman–Crippen LogP) is 3.01. The quantitative estimate of drug-likeness (QED) is 0.634. The van der Waals surface area contributed by atoms with E-state index < -0.39 is 0 Å². The standard InChI is InChI=1S/C20H28O4S2/c1-9(2)15(21)13(16(22)10(3)4)19-25-20(26-19)14(17(23)11(5)6)18(24)12(7)8/h9-12H,1-8H3. The predicted molar refractivity (Wildman–Crippen MR) is 108 cm³/mol. The van der Waals surface area contributed by atoms with E-state index in [1.165, 1.54) is 22.7 Å². The molecule has 0 aliphatic rings. The summed E-state index contributed by atoms with van der Waals surface area (Å²) in [4.78, 5) is 50.1. The molecule has 0 bridgehead atoms. The van der Waals surface area contributed by atoms with E-state index in [0.29, 0.717) is 7.69 Å². The van der Waals surface area contributed by atoms with Crippen molar-refractivity contribution in [2.24, 2.45) is 23.7 Å². The third-order valence-electron chi connectivity index (χ3n) is 3.86. The fourth-order valence-electron chi connectivity index (χ4n) is 2.18. The molecule has 0 spiro atoms. The Kier molecular flexibility index (Phi) is 7.84. The van der Waals surface area contributed by atoms with Gasteiger partial charge in [0, 0.05) is 23.7 Å². The van der Waals surface area contributed by atoms with Crippen LogP contribution < -0.4 is 7.69 Å². The van der Waals surface area contributed by atoms with Crippen LogP contribution in [0.25, 0.3) is 11.1 Å². The van der Waals surface area contributed by atoms with Crippen LogP contribution in [-0.4, -0.2) is 23.1 Å². The fourth-order valence-corrected chi connectivity index (χ4v) is 4.50. The molecular weight excluding hydrogens is 368 g/mol. The number of ketones is 4. The van der Waals surface area contributed by atoms with Gasteiger partial charge in [-0.05, 0) is 0 Å². The Balaban J connectivity index is 3.71. The lowest BCUT2D eigenvalue weighted by atomic mass is 9.94. The number of carbonyl (C=O) groups excluding carboxylic acids is 4. The maximum absolute atomic E-state index is 12.5. The largest absolute Gasteiger partial charge is 0.294 e. The normalized spacial score (nSPS) is 11.5. The van der Waals surface area contributed by atoms with E-state index in [2.05, 4.69) is 0 Å². The molecule has 0 aliphatic heterocycles. The highest BCUT2D eigenvalue weighted by Gasteiger charge is 2.28. The third kappa shape index (κ3) is 4.86. The van der Waals surface area contributed by atoms with E-state index >= 15 is 0 Å². The maximum atomic E-state index is 12.5. The van der Waals surface area contributed by atoms with Crippen LogP contribution in [0.5, 0.6) is 0 Å². The van der Waals surface area contributed by atoms with Gasteiger partial charge in [0.15, 0.2) is 23.1 Å². The van der Waals surface area contributed by atoms with E-state index in [1.54, 1.807) is 55.4 Å². The van der Waals surface area contributed by atoms with Crippen molar-refractivity contribution >= 4 is 57.0 Å². The second-order valence-corrected chi connectivity index (χ2v) is 10.2. The minimum atomic E-state index is -0.288. The van der Waals surface area contributed by atoms with Crippen LogP contribution in [0.4, 0.5) is 0 Å². The summed E-state index contributed by atoms with van der Waals surface area (Å²) in [5, 5.41) is 0. The van der Waals surface area contributed by atoms with Gasteiger partial charge in [0.25, 0.3) is 0 Å². The van der Waals surface area contributed by atoms with Gasteiger partial charge in [-0.1, -0.05) is 55.4 Å². The van der Waals surface area contributed by atoms with Gasteiger partial charge in [0.1, 0.15) is 0 Å². The molecule has 1 aromatic heterocycles. The van der Waals surface area contributed by atoms with Crippen LogP contribution in [0, 0.1) is 23.7 Å². The highest BCUT2D eigenvalue weighted by Crippen LogP contribution is 2.17. The van der Waals surface area contributed by atoms with Crippen LogP contribution >= 0.6 is 22.7 Å². The summed E-state index contributed by atoms with van der Waals surface area (Å²) in [7, 11) is 0. The molecule has 0 fully saturated rings. The van der Waals surface area contributed by atoms with Crippen LogP contribution in [0.15, 0.2) is 0 Å². The summed E-state index contributed by atoms with van der Waals surface area (Å²) in [6.45, 7) is 14.1. The minimum absolute atomic E-state index is 0.190. The summed E-state index contributed by atoms with van der Waals surface area (Å²) in [5.41, 5.74) is 0.421. The van der Waals surface area contributed by atoms with Crippen molar-refractivity contribution < 1.29 is 19.2 Å². The van der Waals surface area contributed by atoms with E-state index in [1.807, 2.05) is 0 Å². The molecule has 0 saturated carbocycles. The zero-order valence-corrected chi connectivity index (χ0v) is 18.4. The minimum Gasteiger partial charge on any atom is -0.294 e. The van der Waals surface area contributed by atoms with E-state index in [4.69, 9.17) is 0 Å². The molecule has 0 aliphatic carbocycles. The lowest BCUT2D eigenvalue weighted by Crippen LogP contribution is -2.32. The van der Waals surface area contributed by atoms with Gasteiger partial charge in [-0.3, -0.25) is 19.2 Å². The number of rotatable bonds is 8. The highest BCUT2D eigenvalue weighted by atomic mass is 32.2. The van der Waals surface area contributed by atoms with Crippen molar-refractivity contribution in [1.29, 1.82) is 0 Å². The Morgan fingerprint density at radius 3 is 0.846 bits per heavy atom. The van der Waals surface area contributed by atoms with E-state index in [-0.39, 0.29) is 58.0 Å². The van der Waals surface area contributed by atoms with E-state index in [0.717, 1.165) is 0 Å². The van der Waals surface area contributed by atoms with Gasteiger partial charge in [-0.2, -0.15) is 0 Å². The van der Waals surface area contributed by atoms with Crippen molar-refractivity contribution in [1.82, 2.24) is 0 Å². The molecule has 0 N–H and O–H groups in total. The third-order valence-corrected chi connectivity index (χ3v) is 6.42. The Morgan fingerprint density at radius 1 is 0.500 bits per heavy atom. The van der Waals surface area contributed by atoms with Gasteiger partial charge < -0.3 is 0 Å². The molecular formula is C20H28O4S2.